The van der Waals surface area contributed by atoms with Gasteiger partial charge in [0.25, 0.3) is 0 Å². The molecule has 1 aromatic carbocycles. The SMILES string of the molecule is CC(C)(C)OC(=O)NC1CCN([C@H](c2ccco2)c2ccccc2O)CC1. The Morgan fingerprint density at radius 1 is 1.22 bits per heavy atom. The first-order valence-electron chi connectivity index (χ1n) is 9.38. The van der Waals surface area contributed by atoms with Gasteiger partial charge in [0.1, 0.15) is 17.1 Å². The summed E-state index contributed by atoms with van der Waals surface area (Å²) in [6, 6.07) is 11.1. The number of benzene rings is 1. The minimum atomic E-state index is -0.500. The molecule has 2 aromatic rings. The van der Waals surface area contributed by atoms with Crippen LogP contribution in [0.25, 0.3) is 0 Å². The maximum absolute atomic E-state index is 12.0. The maximum atomic E-state index is 12.0. The number of phenolic OH excluding ortho intramolecular Hbond substituents is 1. The van der Waals surface area contributed by atoms with Gasteiger partial charge in [0.05, 0.1) is 12.3 Å². The second-order valence-corrected chi connectivity index (χ2v) is 7.93. The Labute approximate surface area is 160 Å². The number of likely N-dealkylation sites (tertiary alicyclic amines) is 1. The van der Waals surface area contributed by atoms with Crippen LogP contribution in [0.4, 0.5) is 4.79 Å². The number of piperidine rings is 1. The summed E-state index contributed by atoms with van der Waals surface area (Å²) < 4.78 is 11.0. The number of amides is 1. The fourth-order valence-corrected chi connectivity index (χ4v) is 3.47. The lowest BCUT2D eigenvalue weighted by Gasteiger charge is -2.37. The van der Waals surface area contributed by atoms with E-state index >= 15 is 0 Å². The van der Waals surface area contributed by atoms with Gasteiger partial charge in [0, 0.05) is 24.7 Å². The Morgan fingerprint density at radius 3 is 2.52 bits per heavy atom. The van der Waals surface area contributed by atoms with Gasteiger partial charge in [-0.2, -0.15) is 0 Å². The van der Waals surface area contributed by atoms with Crippen LogP contribution in [0.1, 0.15) is 51.0 Å². The summed E-state index contributed by atoms with van der Waals surface area (Å²) in [5.41, 5.74) is 0.325. The Hall–Kier alpha value is -2.47. The highest BCUT2D eigenvalue weighted by molar-refractivity contribution is 5.68. The van der Waals surface area contributed by atoms with E-state index in [2.05, 4.69) is 10.2 Å². The Bertz CT molecular complexity index is 744. The standard InChI is InChI=1S/C21H28N2O4/c1-21(2,3)27-20(25)22-15-10-12-23(13-11-15)19(18-9-6-14-26-18)16-7-4-5-8-17(16)24/h4-9,14-15,19,24H,10-13H2,1-3H3,(H,22,25)/t19-/m0/s1. The van der Waals surface area contributed by atoms with Crippen molar-refractivity contribution in [1.82, 2.24) is 10.2 Å². The lowest BCUT2D eigenvalue weighted by Crippen LogP contribution is -2.47. The molecule has 0 aliphatic carbocycles. The molecule has 6 heteroatoms. The molecule has 3 rings (SSSR count). The molecule has 0 bridgehead atoms. The Kier molecular flexibility index (Phi) is 5.75. The zero-order valence-electron chi connectivity index (χ0n) is 16.1. The molecule has 146 valence electrons. The molecular weight excluding hydrogens is 344 g/mol. The zero-order valence-corrected chi connectivity index (χ0v) is 16.1. The van der Waals surface area contributed by atoms with E-state index in [1.54, 1.807) is 12.3 Å². The number of para-hydroxylation sites is 1. The molecule has 1 aliphatic rings. The van der Waals surface area contributed by atoms with Crippen LogP contribution in [-0.4, -0.2) is 40.8 Å². The van der Waals surface area contributed by atoms with E-state index in [-0.39, 0.29) is 23.9 Å². The number of phenols is 1. The van der Waals surface area contributed by atoms with Crippen LogP contribution in [0.3, 0.4) is 0 Å². The van der Waals surface area contributed by atoms with E-state index < -0.39 is 5.60 Å². The first-order chi connectivity index (χ1) is 12.8. The second-order valence-electron chi connectivity index (χ2n) is 7.93. The predicted octanol–water partition coefficient (Wildman–Crippen LogP) is 4.06. The number of hydrogen-bond acceptors (Lipinski definition) is 5. The van der Waals surface area contributed by atoms with E-state index in [0.29, 0.717) is 0 Å². The largest absolute Gasteiger partial charge is 0.508 e. The molecule has 0 saturated carbocycles. The van der Waals surface area contributed by atoms with Gasteiger partial charge in [-0.15, -0.1) is 0 Å². The van der Waals surface area contributed by atoms with Gasteiger partial charge < -0.3 is 19.6 Å². The molecule has 1 atom stereocenters. The molecular formula is C21H28N2O4. The number of rotatable bonds is 4. The molecule has 0 radical (unpaired) electrons. The van der Waals surface area contributed by atoms with Gasteiger partial charge >= 0.3 is 6.09 Å². The van der Waals surface area contributed by atoms with Crippen LogP contribution >= 0.6 is 0 Å². The molecule has 1 aromatic heterocycles. The molecule has 0 unspecified atom stereocenters. The number of nitrogens with zero attached hydrogens (tertiary/aromatic N) is 1. The molecule has 1 saturated heterocycles. The van der Waals surface area contributed by atoms with Gasteiger partial charge in [-0.05, 0) is 51.8 Å². The van der Waals surface area contributed by atoms with Crippen LogP contribution in [-0.2, 0) is 4.74 Å². The highest BCUT2D eigenvalue weighted by Crippen LogP contribution is 2.35. The fraction of sp³-hybridized carbons (Fsp3) is 0.476. The van der Waals surface area contributed by atoms with E-state index in [4.69, 9.17) is 9.15 Å². The molecule has 1 aliphatic heterocycles. The number of carbonyl (C=O) groups is 1. The lowest BCUT2D eigenvalue weighted by atomic mass is 9.97. The summed E-state index contributed by atoms with van der Waals surface area (Å²) in [7, 11) is 0. The number of alkyl carbamates (subject to hydrolysis) is 1. The van der Waals surface area contributed by atoms with E-state index in [9.17, 15) is 9.90 Å². The summed E-state index contributed by atoms with van der Waals surface area (Å²) >= 11 is 0. The van der Waals surface area contributed by atoms with Crippen molar-refractivity contribution in [3.63, 3.8) is 0 Å². The van der Waals surface area contributed by atoms with E-state index in [1.165, 1.54) is 0 Å². The third-order valence-electron chi connectivity index (χ3n) is 4.66. The molecule has 1 fully saturated rings. The minimum absolute atomic E-state index is 0.0812. The minimum Gasteiger partial charge on any atom is -0.508 e. The number of nitrogens with one attached hydrogen (secondary N) is 1. The third-order valence-corrected chi connectivity index (χ3v) is 4.66. The Morgan fingerprint density at radius 2 is 1.93 bits per heavy atom. The summed E-state index contributed by atoms with van der Waals surface area (Å²) in [6.07, 6.45) is 2.90. The molecule has 6 nitrogen and oxygen atoms in total. The average Bonchev–Trinajstić information content (AvgIpc) is 3.11. The molecule has 2 heterocycles. The first-order valence-corrected chi connectivity index (χ1v) is 9.38. The molecule has 1 amide bonds. The van der Waals surface area contributed by atoms with Crippen LogP contribution in [0.5, 0.6) is 5.75 Å². The summed E-state index contributed by atoms with van der Waals surface area (Å²) in [6.45, 7) is 7.13. The van der Waals surface area contributed by atoms with Gasteiger partial charge in [-0.1, -0.05) is 18.2 Å². The number of carbonyl (C=O) groups excluding carboxylic acids is 1. The number of ether oxygens (including phenoxy) is 1. The fourth-order valence-electron chi connectivity index (χ4n) is 3.47. The van der Waals surface area contributed by atoms with Crippen molar-refractivity contribution >= 4 is 6.09 Å². The second kappa shape index (κ2) is 8.05. The van der Waals surface area contributed by atoms with Crippen molar-refractivity contribution < 1.29 is 19.1 Å². The van der Waals surface area contributed by atoms with E-state index in [1.807, 2.05) is 51.1 Å². The van der Waals surface area contributed by atoms with Crippen molar-refractivity contribution in [2.24, 2.45) is 0 Å². The van der Waals surface area contributed by atoms with Crippen LogP contribution in [0.2, 0.25) is 0 Å². The first kappa shape index (κ1) is 19.3. The Balaban J connectivity index is 1.67. The van der Waals surface area contributed by atoms with Crippen molar-refractivity contribution in [1.29, 1.82) is 0 Å². The van der Waals surface area contributed by atoms with Crippen LogP contribution in [0.15, 0.2) is 47.1 Å². The molecule has 27 heavy (non-hydrogen) atoms. The normalized spacial score (nSPS) is 17.4. The van der Waals surface area contributed by atoms with E-state index in [0.717, 1.165) is 37.3 Å². The van der Waals surface area contributed by atoms with Crippen molar-refractivity contribution in [2.45, 2.75) is 51.3 Å². The van der Waals surface area contributed by atoms with Crippen LogP contribution in [0, 0.1) is 0 Å². The smallest absolute Gasteiger partial charge is 0.407 e. The molecule has 2 N–H and O–H groups in total. The quantitative estimate of drug-likeness (QED) is 0.846. The van der Waals surface area contributed by atoms with Crippen molar-refractivity contribution in [3.8, 4) is 5.75 Å². The van der Waals surface area contributed by atoms with Gasteiger partial charge in [0.2, 0.25) is 0 Å². The van der Waals surface area contributed by atoms with Gasteiger partial charge in [-0.25, -0.2) is 4.79 Å². The zero-order chi connectivity index (χ0) is 19.4. The van der Waals surface area contributed by atoms with Gasteiger partial charge in [0.15, 0.2) is 0 Å². The van der Waals surface area contributed by atoms with Crippen molar-refractivity contribution in [3.05, 3.63) is 54.0 Å². The number of aromatic hydroxyl groups is 1. The summed E-state index contributed by atoms with van der Waals surface area (Å²) in [4.78, 5) is 14.3. The maximum Gasteiger partial charge on any atom is 0.407 e. The van der Waals surface area contributed by atoms with Crippen LogP contribution < -0.4 is 5.32 Å². The summed E-state index contributed by atoms with van der Waals surface area (Å²) in [5.74, 6) is 1.06. The van der Waals surface area contributed by atoms with Gasteiger partial charge in [-0.3, -0.25) is 4.90 Å². The monoisotopic (exact) mass is 372 g/mol. The molecule has 0 spiro atoms. The topological polar surface area (TPSA) is 74.9 Å². The highest BCUT2D eigenvalue weighted by atomic mass is 16.6. The lowest BCUT2D eigenvalue weighted by molar-refractivity contribution is 0.0469. The average molecular weight is 372 g/mol. The number of hydrogen-bond donors (Lipinski definition) is 2. The third kappa shape index (κ3) is 5.04. The predicted molar refractivity (Wildman–Crippen MR) is 103 cm³/mol. The number of furan rings is 1. The summed E-state index contributed by atoms with van der Waals surface area (Å²) in [5, 5.41) is 13.3. The van der Waals surface area contributed by atoms with Crippen molar-refractivity contribution in [2.75, 3.05) is 13.1 Å². The highest BCUT2D eigenvalue weighted by Gasteiger charge is 2.31.